The quantitative estimate of drug-likeness (QED) is 0.679. The van der Waals surface area contributed by atoms with Gasteiger partial charge < -0.3 is 15.2 Å². The molecule has 0 saturated heterocycles. The number of rotatable bonds is 5. The molecule has 0 amide bonds. The molecule has 0 aliphatic heterocycles. The van der Waals surface area contributed by atoms with Crippen LogP contribution in [0.4, 0.5) is 5.82 Å². The summed E-state index contributed by atoms with van der Waals surface area (Å²) in [6.45, 7) is 0.0106. The van der Waals surface area contributed by atoms with Gasteiger partial charge in [-0.3, -0.25) is 4.79 Å². The summed E-state index contributed by atoms with van der Waals surface area (Å²) in [6, 6.07) is 7.39. The molecule has 1 aromatic carbocycles. The number of hydrogen-bond donors (Lipinski definition) is 1. The van der Waals surface area contributed by atoms with Gasteiger partial charge in [-0.15, -0.1) is 11.3 Å². The number of thiophene rings is 1. The third-order valence-corrected chi connectivity index (χ3v) is 5.96. The summed E-state index contributed by atoms with van der Waals surface area (Å²) in [7, 11) is 1.58. The molecule has 0 atom stereocenters. The first kappa shape index (κ1) is 17.7. The molecule has 0 bridgehead atoms. The number of ether oxygens (including phenoxy) is 2. The van der Waals surface area contributed by atoms with Gasteiger partial charge in [0.05, 0.1) is 18.9 Å². The largest absolute Gasteiger partial charge is 0.496 e. The maximum Gasteiger partial charge on any atom is 0.310 e. The predicted octanol–water partition coefficient (Wildman–Crippen LogP) is 3.45. The van der Waals surface area contributed by atoms with Crippen molar-refractivity contribution in [1.29, 1.82) is 0 Å². The van der Waals surface area contributed by atoms with Gasteiger partial charge in [0, 0.05) is 10.4 Å². The predicted molar refractivity (Wildman–Crippen MR) is 105 cm³/mol. The lowest BCUT2D eigenvalue weighted by Crippen LogP contribution is -2.11. The highest BCUT2D eigenvalue weighted by Crippen LogP contribution is 2.37. The summed E-state index contributed by atoms with van der Waals surface area (Å²) in [5, 5.41) is 0.985. The number of aryl methyl sites for hydroxylation is 2. The van der Waals surface area contributed by atoms with Gasteiger partial charge in [-0.1, -0.05) is 18.2 Å². The standard InChI is InChI=1S/C20H21N3O3S/c1-25-14-8-4-2-6-12(14)10-17(24)26-11-16-22-19(21)18-13-7-3-5-9-15(13)27-20(18)23-16/h2,4,6,8H,3,5,7,9-11H2,1H3,(H2,21,22,23). The van der Waals surface area contributed by atoms with Gasteiger partial charge in [0.2, 0.25) is 0 Å². The van der Waals surface area contributed by atoms with Gasteiger partial charge in [0.15, 0.2) is 12.4 Å². The summed E-state index contributed by atoms with van der Waals surface area (Å²) in [4.78, 5) is 23.4. The van der Waals surface area contributed by atoms with Crippen molar-refractivity contribution in [3.05, 3.63) is 46.1 Å². The number of nitrogens with two attached hydrogens (primary N) is 1. The molecule has 0 saturated carbocycles. The molecule has 3 aromatic rings. The molecule has 27 heavy (non-hydrogen) atoms. The van der Waals surface area contributed by atoms with Gasteiger partial charge in [-0.25, -0.2) is 9.97 Å². The van der Waals surface area contributed by atoms with Crippen LogP contribution in [0.2, 0.25) is 0 Å². The summed E-state index contributed by atoms with van der Waals surface area (Å²) in [6.07, 6.45) is 4.64. The Labute approximate surface area is 161 Å². The van der Waals surface area contributed by atoms with Gasteiger partial charge in [-0.05, 0) is 37.3 Å². The number of esters is 1. The van der Waals surface area contributed by atoms with Crippen LogP contribution in [-0.2, 0) is 35.4 Å². The lowest BCUT2D eigenvalue weighted by Gasteiger charge is -2.11. The molecule has 1 aliphatic rings. The minimum absolute atomic E-state index is 0.0106. The fraction of sp³-hybridized carbons (Fsp3) is 0.350. The maximum absolute atomic E-state index is 12.2. The summed E-state index contributed by atoms with van der Waals surface area (Å²) in [5.41, 5.74) is 8.28. The van der Waals surface area contributed by atoms with Crippen LogP contribution in [0.3, 0.4) is 0 Å². The van der Waals surface area contributed by atoms with Crippen LogP contribution in [-0.4, -0.2) is 23.0 Å². The van der Waals surface area contributed by atoms with Gasteiger partial charge >= 0.3 is 5.97 Å². The summed E-state index contributed by atoms with van der Waals surface area (Å²) >= 11 is 1.68. The van der Waals surface area contributed by atoms with E-state index < -0.39 is 0 Å². The van der Waals surface area contributed by atoms with Crippen LogP contribution >= 0.6 is 11.3 Å². The molecule has 0 spiro atoms. The Bertz CT molecular complexity index is 1000. The van der Waals surface area contributed by atoms with Crippen molar-refractivity contribution in [2.24, 2.45) is 0 Å². The van der Waals surface area contributed by atoms with Crippen LogP contribution in [0.25, 0.3) is 10.2 Å². The van der Waals surface area contributed by atoms with Crippen molar-refractivity contribution >= 4 is 33.3 Å². The van der Waals surface area contributed by atoms with Crippen LogP contribution < -0.4 is 10.5 Å². The molecule has 0 fully saturated rings. The SMILES string of the molecule is COc1ccccc1CC(=O)OCc1nc(N)c2c3c(sc2n1)CCCC3. The minimum atomic E-state index is -0.354. The van der Waals surface area contributed by atoms with E-state index in [9.17, 15) is 4.79 Å². The molecule has 0 unspecified atom stereocenters. The highest BCUT2D eigenvalue weighted by molar-refractivity contribution is 7.19. The average molecular weight is 383 g/mol. The molecular weight excluding hydrogens is 362 g/mol. The average Bonchev–Trinajstić information content (AvgIpc) is 3.05. The second-order valence-corrected chi connectivity index (χ2v) is 7.65. The Balaban J connectivity index is 1.48. The van der Waals surface area contributed by atoms with Crippen molar-refractivity contribution in [2.45, 2.75) is 38.7 Å². The Kier molecular flexibility index (Phi) is 4.94. The highest BCUT2D eigenvalue weighted by Gasteiger charge is 2.20. The number of fused-ring (bicyclic) bond motifs is 3. The van der Waals surface area contributed by atoms with Crippen molar-refractivity contribution < 1.29 is 14.3 Å². The first-order valence-corrected chi connectivity index (χ1v) is 9.81. The third-order valence-electron chi connectivity index (χ3n) is 4.78. The lowest BCUT2D eigenvalue weighted by atomic mass is 9.97. The zero-order valence-corrected chi connectivity index (χ0v) is 16.0. The summed E-state index contributed by atoms with van der Waals surface area (Å²) < 4.78 is 10.6. The van der Waals surface area contributed by atoms with Crippen LogP contribution in [0.1, 0.15) is 34.7 Å². The second-order valence-electron chi connectivity index (χ2n) is 6.57. The van der Waals surface area contributed by atoms with Crippen LogP contribution in [0.5, 0.6) is 5.75 Å². The van der Waals surface area contributed by atoms with Crippen molar-refractivity contribution in [1.82, 2.24) is 9.97 Å². The number of nitrogens with zero attached hydrogens (tertiary/aromatic N) is 2. The van der Waals surface area contributed by atoms with Crippen molar-refractivity contribution in [3.63, 3.8) is 0 Å². The zero-order valence-electron chi connectivity index (χ0n) is 15.2. The molecule has 2 aromatic heterocycles. The van der Waals surface area contributed by atoms with Crippen LogP contribution in [0, 0.1) is 0 Å². The molecule has 6 nitrogen and oxygen atoms in total. The Morgan fingerprint density at radius 2 is 2.04 bits per heavy atom. The van der Waals surface area contributed by atoms with E-state index in [1.165, 1.54) is 23.3 Å². The zero-order chi connectivity index (χ0) is 18.8. The monoisotopic (exact) mass is 383 g/mol. The number of aromatic nitrogens is 2. The van der Waals surface area contributed by atoms with Crippen LogP contribution in [0.15, 0.2) is 24.3 Å². The molecule has 2 N–H and O–H groups in total. The number of nitrogen functional groups attached to an aromatic ring is 1. The highest BCUT2D eigenvalue weighted by atomic mass is 32.1. The number of methoxy groups -OCH3 is 1. The first-order chi connectivity index (χ1) is 13.2. The van der Waals surface area contributed by atoms with E-state index in [-0.39, 0.29) is 19.0 Å². The van der Waals surface area contributed by atoms with E-state index in [4.69, 9.17) is 15.2 Å². The molecule has 7 heteroatoms. The Morgan fingerprint density at radius 1 is 1.22 bits per heavy atom. The van der Waals surface area contributed by atoms with Gasteiger partial charge in [0.25, 0.3) is 0 Å². The van der Waals surface area contributed by atoms with E-state index >= 15 is 0 Å². The Morgan fingerprint density at radius 3 is 2.89 bits per heavy atom. The van der Waals surface area contributed by atoms with Crippen molar-refractivity contribution in [2.75, 3.05) is 12.8 Å². The van der Waals surface area contributed by atoms with Gasteiger partial charge in [-0.2, -0.15) is 0 Å². The molecule has 140 valence electrons. The number of para-hydroxylation sites is 1. The Hall–Kier alpha value is -2.67. The summed E-state index contributed by atoms with van der Waals surface area (Å²) in [5.74, 6) is 1.23. The van der Waals surface area contributed by atoms with E-state index in [1.54, 1.807) is 18.4 Å². The maximum atomic E-state index is 12.2. The number of benzene rings is 1. The first-order valence-electron chi connectivity index (χ1n) is 9.00. The normalized spacial score (nSPS) is 13.4. The van der Waals surface area contributed by atoms with E-state index in [0.29, 0.717) is 17.4 Å². The molecular formula is C20H21N3O3S. The topological polar surface area (TPSA) is 87.3 Å². The number of carbonyl (C=O) groups excluding carboxylic acids is 1. The fourth-order valence-electron chi connectivity index (χ4n) is 3.50. The number of carbonyl (C=O) groups is 1. The van der Waals surface area contributed by atoms with E-state index in [1.807, 2.05) is 24.3 Å². The van der Waals surface area contributed by atoms with E-state index in [0.717, 1.165) is 28.6 Å². The molecule has 2 heterocycles. The molecule has 1 aliphatic carbocycles. The lowest BCUT2D eigenvalue weighted by molar-refractivity contribution is -0.144. The number of hydrogen-bond acceptors (Lipinski definition) is 7. The minimum Gasteiger partial charge on any atom is -0.496 e. The smallest absolute Gasteiger partial charge is 0.310 e. The molecule has 0 radical (unpaired) electrons. The second kappa shape index (κ2) is 7.52. The molecule has 4 rings (SSSR count). The van der Waals surface area contributed by atoms with Gasteiger partial charge in [0.1, 0.15) is 16.4 Å². The third kappa shape index (κ3) is 3.60. The number of anilines is 1. The van der Waals surface area contributed by atoms with E-state index in [2.05, 4.69) is 9.97 Å². The fourth-order valence-corrected chi connectivity index (χ4v) is 4.78. The van der Waals surface area contributed by atoms with Crippen molar-refractivity contribution in [3.8, 4) is 5.75 Å².